The molecule has 0 unspecified atom stereocenters. The number of rotatable bonds is 4. The Morgan fingerprint density at radius 2 is 2.23 bits per heavy atom. The van der Waals surface area contributed by atoms with Gasteiger partial charge in [-0.3, -0.25) is 4.79 Å². The lowest BCUT2D eigenvalue weighted by Crippen LogP contribution is -2.35. The predicted molar refractivity (Wildman–Crippen MR) is 53.4 cm³/mol. The highest BCUT2D eigenvalue weighted by atomic mass is 16.1. The van der Waals surface area contributed by atoms with Crippen LogP contribution in [0.3, 0.4) is 0 Å². The minimum Gasteiger partial charge on any atom is -0.356 e. The number of nitrogens with one attached hydrogen (secondary N) is 2. The van der Waals surface area contributed by atoms with Gasteiger partial charge in [0.05, 0.1) is 0 Å². The van der Waals surface area contributed by atoms with E-state index < -0.39 is 0 Å². The second-order valence-corrected chi connectivity index (χ2v) is 3.49. The minimum atomic E-state index is 0.0912. The van der Waals surface area contributed by atoms with Gasteiger partial charge in [-0.15, -0.1) is 6.58 Å². The van der Waals surface area contributed by atoms with E-state index in [9.17, 15) is 4.79 Å². The van der Waals surface area contributed by atoms with Gasteiger partial charge >= 0.3 is 0 Å². The maximum atomic E-state index is 11.1. The molecule has 0 aromatic rings. The number of carbonyl (C=O) groups excluding carboxylic acids is 1. The highest BCUT2D eigenvalue weighted by Crippen LogP contribution is 2.09. The second-order valence-electron chi connectivity index (χ2n) is 3.49. The summed E-state index contributed by atoms with van der Waals surface area (Å²) in [5.41, 5.74) is 0. The van der Waals surface area contributed by atoms with Crippen molar-refractivity contribution in [3.05, 3.63) is 12.7 Å². The van der Waals surface area contributed by atoms with Crippen molar-refractivity contribution in [1.29, 1.82) is 0 Å². The maximum Gasteiger partial charge on any atom is 0.223 e. The van der Waals surface area contributed by atoms with Crippen LogP contribution in [0.4, 0.5) is 0 Å². The van der Waals surface area contributed by atoms with Crippen molar-refractivity contribution in [2.45, 2.75) is 19.3 Å². The van der Waals surface area contributed by atoms with E-state index in [0.717, 1.165) is 19.6 Å². The molecule has 1 amide bonds. The van der Waals surface area contributed by atoms with Gasteiger partial charge in [-0.2, -0.15) is 0 Å². The fourth-order valence-electron chi connectivity index (χ4n) is 1.55. The molecule has 0 aromatic heterocycles. The topological polar surface area (TPSA) is 41.1 Å². The molecule has 0 saturated carbocycles. The molecule has 1 fully saturated rings. The maximum absolute atomic E-state index is 11.1. The summed E-state index contributed by atoms with van der Waals surface area (Å²) in [6, 6.07) is 0. The third-order valence-corrected chi connectivity index (χ3v) is 2.38. The van der Waals surface area contributed by atoms with E-state index in [4.69, 9.17) is 0 Å². The molecule has 1 heterocycles. The summed E-state index contributed by atoms with van der Waals surface area (Å²) in [6.07, 6.45) is 4.42. The highest BCUT2D eigenvalue weighted by molar-refractivity contribution is 5.77. The Morgan fingerprint density at radius 1 is 1.54 bits per heavy atom. The molecule has 3 nitrogen and oxygen atoms in total. The molecule has 0 aromatic carbocycles. The molecule has 0 aliphatic carbocycles. The molecule has 0 atom stereocenters. The van der Waals surface area contributed by atoms with Crippen LogP contribution in [0.1, 0.15) is 19.3 Å². The first-order valence-electron chi connectivity index (χ1n) is 4.91. The number of hydrogen-bond acceptors (Lipinski definition) is 2. The average molecular weight is 182 g/mol. The molecule has 3 heteroatoms. The Hall–Kier alpha value is -0.830. The van der Waals surface area contributed by atoms with Crippen molar-refractivity contribution in [2.75, 3.05) is 19.6 Å². The molecule has 1 rings (SSSR count). The van der Waals surface area contributed by atoms with E-state index >= 15 is 0 Å². The third-order valence-electron chi connectivity index (χ3n) is 2.38. The van der Waals surface area contributed by atoms with Gasteiger partial charge in [0, 0.05) is 13.0 Å². The van der Waals surface area contributed by atoms with Crippen LogP contribution in [-0.2, 0) is 4.79 Å². The first kappa shape index (κ1) is 10.3. The minimum absolute atomic E-state index is 0.0912. The van der Waals surface area contributed by atoms with Gasteiger partial charge in [0.25, 0.3) is 0 Å². The zero-order valence-electron chi connectivity index (χ0n) is 8.01. The van der Waals surface area contributed by atoms with Crippen molar-refractivity contribution in [2.24, 2.45) is 5.92 Å². The van der Waals surface area contributed by atoms with Crippen LogP contribution in [-0.4, -0.2) is 25.5 Å². The Labute approximate surface area is 79.6 Å². The van der Waals surface area contributed by atoms with Crippen LogP contribution in [0.2, 0.25) is 0 Å². The van der Waals surface area contributed by atoms with Crippen LogP contribution < -0.4 is 10.6 Å². The van der Waals surface area contributed by atoms with Crippen LogP contribution >= 0.6 is 0 Å². The molecule has 13 heavy (non-hydrogen) atoms. The number of amides is 1. The second kappa shape index (κ2) is 5.75. The Bertz CT molecular complexity index is 174. The van der Waals surface area contributed by atoms with Crippen molar-refractivity contribution in [1.82, 2.24) is 10.6 Å². The molecule has 2 N–H and O–H groups in total. The lowest BCUT2D eigenvalue weighted by Gasteiger charge is -2.22. The van der Waals surface area contributed by atoms with Crippen LogP contribution in [0, 0.1) is 5.92 Å². The van der Waals surface area contributed by atoms with Gasteiger partial charge in [-0.25, -0.2) is 0 Å². The molecule has 1 aliphatic rings. The first-order chi connectivity index (χ1) is 6.33. The summed E-state index contributed by atoms with van der Waals surface area (Å²) in [7, 11) is 0. The van der Waals surface area contributed by atoms with Gasteiger partial charge in [-0.1, -0.05) is 6.08 Å². The Morgan fingerprint density at radius 3 is 2.85 bits per heavy atom. The zero-order valence-corrected chi connectivity index (χ0v) is 8.01. The van der Waals surface area contributed by atoms with Crippen LogP contribution in [0.5, 0.6) is 0 Å². The van der Waals surface area contributed by atoms with Gasteiger partial charge in [0.1, 0.15) is 0 Å². The van der Waals surface area contributed by atoms with Crippen molar-refractivity contribution < 1.29 is 4.79 Å². The largest absolute Gasteiger partial charge is 0.356 e. The van der Waals surface area contributed by atoms with Crippen molar-refractivity contribution >= 4 is 5.91 Å². The molecule has 0 bridgehead atoms. The smallest absolute Gasteiger partial charge is 0.223 e. The molecule has 0 spiro atoms. The summed E-state index contributed by atoms with van der Waals surface area (Å²) in [6.45, 7) is 6.52. The van der Waals surface area contributed by atoms with E-state index in [1.807, 2.05) is 0 Å². The summed E-state index contributed by atoms with van der Waals surface area (Å²) >= 11 is 0. The summed E-state index contributed by atoms with van der Waals surface area (Å²) in [5.74, 6) is 0.753. The summed E-state index contributed by atoms with van der Waals surface area (Å²) < 4.78 is 0. The average Bonchev–Trinajstić information content (AvgIpc) is 2.17. The van der Waals surface area contributed by atoms with Crippen molar-refractivity contribution in [3.63, 3.8) is 0 Å². The standard InChI is InChI=1S/C10H18N2O/c1-2-3-10(13)12-8-9-4-6-11-7-5-9/h2,9,11H,1,3-8H2,(H,12,13). The third kappa shape index (κ3) is 4.08. The molecule has 0 radical (unpaired) electrons. The van der Waals surface area contributed by atoms with Gasteiger partial charge in [0.15, 0.2) is 0 Å². The number of carbonyl (C=O) groups is 1. The van der Waals surface area contributed by atoms with E-state index in [-0.39, 0.29) is 5.91 Å². The Balaban J connectivity index is 2.09. The molecule has 74 valence electrons. The Kier molecular flexibility index (Phi) is 4.54. The lowest BCUT2D eigenvalue weighted by atomic mass is 9.98. The van der Waals surface area contributed by atoms with Gasteiger partial charge < -0.3 is 10.6 Å². The van der Waals surface area contributed by atoms with E-state index in [0.29, 0.717) is 12.3 Å². The molecule has 1 saturated heterocycles. The fourth-order valence-corrected chi connectivity index (χ4v) is 1.55. The van der Waals surface area contributed by atoms with Crippen LogP contribution in [0.15, 0.2) is 12.7 Å². The summed E-state index contributed by atoms with van der Waals surface area (Å²) in [4.78, 5) is 11.1. The first-order valence-corrected chi connectivity index (χ1v) is 4.91. The molecular weight excluding hydrogens is 164 g/mol. The van der Waals surface area contributed by atoms with E-state index in [1.54, 1.807) is 6.08 Å². The quantitative estimate of drug-likeness (QED) is 0.628. The fraction of sp³-hybridized carbons (Fsp3) is 0.700. The van der Waals surface area contributed by atoms with E-state index in [2.05, 4.69) is 17.2 Å². The lowest BCUT2D eigenvalue weighted by molar-refractivity contribution is -0.120. The van der Waals surface area contributed by atoms with Gasteiger partial charge in [0.2, 0.25) is 5.91 Å². The number of hydrogen-bond donors (Lipinski definition) is 2. The molecular formula is C10H18N2O. The van der Waals surface area contributed by atoms with Crippen LogP contribution in [0.25, 0.3) is 0 Å². The zero-order chi connectivity index (χ0) is 9.52. The summed E-state index contributed by atoms with van der Waals surface area (Å²) in [5, 5.41) is 6.21. The SMILES string of the molecule is C=CCC(=O)NCC1CCNCC1. The van der Waals surface area contributed by atoms with E-state index in [1.165, 1.54) is 12.8 Å². The monoisotopic (exact) mass is 182 g/mol. The number of piperidine rings is 1. The van der Waals surface area contributed by atoms with Crippen molar-refractivity contribution in [3.8, 4) is 0 Å². The predicted octanol–water partition coefficient (Wildman–Crippen LogP) is 0.678. The normalized spacial score (nSPS) is 18.2. The molecule has 1 aliphatic heterocycles. The highest BCUT2D eigenvalue weighted by Gasteiger charge is 2.12. The van der Waals surface area contributed by atoms with Gasteiger partial charge in [-0.05, 0) is 31.8 Å².